The zero-order valence-corrected chi connectivity index (χ0v) is 17.1. The Bertz CT molecular complexity index is 514. The molecule has 1 rings (SSSR count). The fraction of sp³-hybridized carbons (Fsp3) is 0.762. The van der Waals surface area contributed by atoms with Crippen LogP contribution in [-0.4, -0.2) is 21.9 Å². The van der Waals surface area contributed by atoms with Gasteiger partial charge in [-0.25, -0.2) is 9.97 Å². The van der Waals surface area contributed by atoms with Crippen LogP contribution in [0.5, 0.6) is 0 Å². The largest absolute Gasteiger partial charge is 0.278 e. The highest BCUT2D eigenvalue weighted by atomic mass is 16.2. The number of hydrogen-bond donors (Lipinski definition) is 0. The van der Waals surface area contributed by atoms with Crippen LogP contribution >= 0.6 is 0 Å². The van der Waals surface area contributed by atoms with E-state index in [4.69, 9.17) is 0 Å². The first-order valence-electron chi connectivity index (χ1n) is 9.96. The van der Waals surface area contributed by atoms with Crippen LogP contribution < -0.4 is 4.90 Å². The van der Waals surface area contributed by atoms with E-state index in [2.05, 4.69) is 51.5 Å². The molecule has 0 aliphatic heterocycles. The standard InChI is InChI=1S/C21H37N3O/c1-7-10-12-18(13-11-8-2)24(19(25)16-21(4,5)6)20-22-15-14-17(9-3)23-20/h14-15,18H,7-13,16H2,1-6H3. The van der Waals surface area contributed by atoms with Crippen LogP contribution in [0, 0.1) is 5.41 Å². The molecular weight excluding hydrogens is 310 g/mol. The monoisotopic (exact) mass is 347 g/mol. The van der Waals surface area contributed by atoms with Gasteiger partial charge < -0.3 is 0 Å². The van der Waals surface area contributed by atoms with E-state index in [1.807, 2.05) is 11.0 Å². The third-order valence-electron chi connectivity index (χ3n) is 4.38. The molecule has 1 heterocycles. The van der Waals surface area contributed by atoms with Gasteiger partial charge in [-0.05, 0) is 30.7 Å². The molecule has 0 aliphatic rings. The number of aryl methyl sites for hydroxylation is 1. The Morgan fingerprint density at radius 2 is 1.72 bits per heavy atom. The highest BCUT2D eigenvalue weighted by Gasteiger charge is 2.29. The van der Waals surface area contributed by atoms with Crippen LogP contribution in [0.15, 0.2) is 12.3 Å². The lowest BCUT2D eigenvalue weighted by Gasteiger charge is -2.32. The van der Waals surface area contributed by atoms with E-state index < -0.39 is 0 Å². The van der Waals surface area contributed by atoms with Gasteiger partial charge in [0.25, 0.3) is 0 Å². The van der Waals surface area contributed by atoms with Crippen molar-refractivity contribution in [3.8, 4) is 0 Å². The van der Waals surface area contributed by atoms with Gasteiger partial charge in [0, 0.05) is 24.4 Å². The van der Waals surface area contributed by atoms with Gasteiger partial charge >= 0.3 is 0 Å². The Kier molecular flexibility index (Phi) is 9.09. The average molecular weight is 348 g/mol. The highest BCUT2D eigenvalue weighted by molar-refractivity contribution is 5.92. The van der Waals surface area contributed by atoms with Crippen LogP contribution in [0.1, 0.15) is 92.2 Å². The van der Waals surface area contributed by atoms with Crippen molar-refractivity contribution in [1.29, 1.82) is 0 Å². The summed E-state index contributed by atoms with van der Waals surface area (Å²) in [4.78, 5) is 24.2. The lowest BCUT2D eigenvalue weighted by Crippen LogP contribution is -2.43. The molecule has 0 saturated heterocycles. The maximum atomic E-state index is 13.2. The number of carbonyl (C=O) groups is 1. The summed E-state index contributed by atoms with van der Waals surface area (Å²) < 4.78 is 0. The Morgan fingerprint density at radius 1 is 1.12 bits per heavy atom. The van der Waals surface area contributed by atoms with Crippen molar-refractivity contribution < 1.29 is 4.79 Å². The first-order chi connectivity index (χ1) is 11.8. The van der Waals surface area contributed by atoms with Crippen LogP contribution in [-0.2, 0) is 11.2 Å². The molecule has 0 radical (unpaired) electrons. The first-order valence-corrected chi connectivity index (χ1v) is 9.96. The normalized spacial score (nSPS) is 11.8. The molecule has 1 aromatic rings. The lowest BCUT2D eigenvalue weighted by atomic mass is 9.91. The summed E-state index contributed by atoms with van der Waals surface area (Å²) in [6.07, 6.45) is 9.72. The summed E-state index contributed by atoms with van der Waals surface area (Å²) in [7, 11) is 0. The highest BCUT2D eigenvalue weighted by Crippen LogP contribution is 2.26. The fourth-order valence-electron chi connectivity index (χ4n) is 3.00. The molecule has 0 spiro atoms. The smallest absolute Gasteiger partial charge is 0.232 e. The van der Waals surface area contributed by atoms with Crippen LogP contribution in [0.25, 0.3) is 0 Å². The molecule has 142 valence electrons. The SMILES string of the molecule is CCCCC(CCCC)N(C(=O)CC(C)(C)C)c1nccc(CC)n1. The zero-order valence-electron chi connectivity index (χ0n) is 17.1. The van der Waals surface area contributed by atoms with Crippen LogP contribution in [0.4, 0.5) is 5.95 Å². The molecule has 0 bridgehead atoms. The zero-order chi connectivity index (χ0) is 18.9. The molecule has 0 aromatic carbocycles. The molecular formula is C21H37N3O. The van der Waals surface area contributed by atoms with E-state index in [0.29, 0.717) is 12.4 Å². The second-order valence-electron chi connectivity index (χ2n) is 8.14. The number of aromatic nitrogens is 2. The molecule has 4 nitrogen and oxygen atoms in total. The third kappa shape index (κ3) is 7.54. The first kappa shape index (κ1) is 21.6. The maximum Gasteiger partial charge on any atom is 0.232 e. The minimum Gasteiger partial charge on any atom is -0.278 e. The Labute approximate surface area is 154 Å². The predicted molar refractivity (Wildman–Crippen MR) is 106 cm³/mol. The molecule has 0 fully saturated rings. The Hall–Kier alpha value is -1.45. The molecule has 1 aromatic heterocycles. The van der Waals surface area contributed by atoms with Gasteiger partial charge in [-0.15, -0.1) is 0 Å². The molecule has 0 aliphatic carbocycles. The van der Waals surface area contributed by atoms with Crippen molar-refractivity contribution in [2.45, 2.75) is 99.0 Å². The van der Waals surface area contributed by atoms with E-state index in [-0.39, 0.29) is 17.4 Å². The van der Waals surface area contributed by atoms with Gasteiger partial charge in [-0.1, -0.05) is 67.2 Å². The average Bonchev–Trinajstić information content (AvgIpc) is 2.55. The molecule has 0 unspecified atom stereocenters. The summed E-state index contributed by atoms with van der Waals surface area (Å²) in [6, 6.07) is 2.13. The van der Waals surface area contributed by atoms with E-state index in [1.54, 1.807) is 6.20 Å². The number of anilines is 1. The summed E-state index contributed by atoms with van der Waals surface area (Å²) in [5, 5.41) is 0. The number of rotatable bonds is 10. The maximum absolute atomic E-state index is 13.2. The van der Waals surface area contributed by atoms with Crippen LogP contribution in [0.2, 0.25) is 0 Å². The van der Waals surface area contributed by atoms with E-state index in [0.717, 1.165) is 50.6 Å². The van der Waals surface area contributed by atoms with Crippen molar-refractivity contribution in [1.82, 2.24) is 9.97 Å². The van der Waals surface area contributed by atoms with Gasteiger partial charge in [-0.3, -0.25) is 9.69 Å². The predicted octanol–water partition coefficient (Wildman–Crippen LogP) is 5.56. The molecule has 0 N–H and O–H groups in total. The molecule has 0 atom stereocenters. The second-order valence-corrected chi connectivity index (χ2v) is 8.14. The lowest BCUT2D eigenvalue weighted by molar-refractivity contribution is -0.120. The minimum absolute atomic E-state index is 0.0439. The summed E-state index contributed by atoms with van der Waals surface area (Å²) >= 11 is 0. The number of unbranched alkanes of at least 4 members (excludes halogenated alkanes) is 2. The van der Waals surface area contributed by atoms with E-state index in [1.165, 1.54) is 0 Å². The van der Waals surface area contributed by atoms with Crippen molar-refractivity contribution in [2.24, 2.45) is 5.41 Å². The van der Waals surface area contributed by atoms with Crippen LogP contribution in [0.3, 0.4) is 0 Å². The van der Waals surface area contributed by atoms with Gasteiger partial charge in [0.15, 0.2) is 0 Å². The van der Waals surface area contributed by atoms with Gasteiger partial charge in [-0.2, -0.15) is 0 Å². The summed E-state index contributed by atoms with van der Waals surface area (Å²) in [5.74, 6) is 0.740. The number of nitrogens with zero attached hydrogens (tertiary/aromatic N) is 3. The summed E-state index contributed by atoms with van der Waals surface area (Å²) in [6.45, 7) is 12.8. The van der Waals surface area contributed by atoms with Crippen molar-refractivity contribution >= 4 is 11.9 Å². The molecule has 4 heteroatoms. The Balaban J connectivity index is 3.19. The second kappa shape index (κ2) is 10.5. The number of hydrogen-bond acceptors (Lipinski definition) is 3. The van der Waals surface area contributed by atoms with E-state index >= 15 is 0 Å². The Morgan fingerprint density at radius 3 is 2.20 bits per heavy atom. The number of carbonyl (C=O) groups excluding carboxylic acids is 1. The van der Waals surface area contributed by atoms with Gasteiger partial charge in [0.2, 0.25) is 11.9 Å². The fourth-order valence-corrected chi connectivity index (χ4v) is 3.00. The van der Waals surface area contributed by atoms with Crippen molar-refractivity contribution in [2.75, 3.05) is 4.90 Å². The summed E-state index contributed by atoms with van der Waals surface area (Å²) in [5.41, 5.74) is 0.945. The molecule has 25 heavy (non-hydrogen) atoms. The van der Waals surface area contributed by atoms with E-state index in [9.17, 15) is 4.79 Å². The van der Waals surface area contributed by atoms with Gasteiger partial charge in [0.05, 0.1) is 0 Å². The van der Waals surface area contributed by atoms with Gasteiger partial charge in [0.1, 0.15) is 0 Å². The third-order valence-corrected chi connectivity index (χ3v) is 4.38. The van der Waals surface area contributed by atoms with Crippen molar-refractivity contribution in [3.05, 3.63) is 18.0 Å². The molecule has 1 amide bonds. The molecule has 0 saturated carbocycles. The minimum atomic E-state index is -0.0439. The quantitative estimate of drug-likeness (QED) is 0.557. The topological polar surface area (TPSA) is 46.1 Å². The number of amides is 1. The van der Waals surface area contributed by atoms with Crippen molar-refractivity contribution in [3.63, 3.8) is 0 Å².